The van der Waals surface area contributed by atoms with Gasteiger partial charge in [0, 0.05) is 27.7 Å². The van der Waals surface area contributed by atoms with Crippen LogP contribution >= 0.6 is 0 Å². The normalized spacial score (nSPS) is 7.00. The predicted octanol–water partition coefficient (Wildman–Crippen LogP) is 0.419. The van der Waals surface area contributed by atoms with Gasteiger partial charge in [0.05, 0.1) is 0 Å². The molecule has 0 spiro atoms. The van der Waals surface area contributed by atoms with Crippen molar-refractivity contribution in [2.45, 2.75) is 6.42 Å². The molecule has 0 aromatic carbocycles. The first-order chi connectivity index (χ1) is 2.41. The molecule has 0 atom stereocenters. The van der Waals surface area contributed by atoms with Crippen molar-refractivity contribution in [3.05, 3.63) is 5.73 Å². The summed E-state index contributed by atoms with van der Waals surface area (Å²) < 4.78 is 0. The fourth-order valence-corrected chi connectivity index (χ4v) is 0.0791. The first kappa shape index (κ1) is 9.79. The molecule has 0 unspecified atom stereocenters. The summed E-state index contributed by atoms with van der Waals surface area (Å²) in [6, 6.07) is 0. The second-order valence-corrected chi connectivity index (χ2v) is 0.827. The minimum absolute atomic E-state index is 0. The van der Waals surface area contributed by atoms with Gasteiger partial charge in [0.1, 0.15) is 0 Å². The minimum atomic E-state index is 0. The van der Waals surface area contributed by atoms with E-state index in [0.29, 0.717) is 13.0 Å². The molecular weight excluding hydrogens is 261 g/mol. The van der Waals surface area contributed by atoms with Gasteiger partial charge in [0.2, 0.25) is 0 Å². The topological polar surface area (TPSA) is 44.0 Å². The minimum Gasteiger partial charge on any atom is -0.677 e. The molecule has 2 nitrogen and oxygen atoms in total. The average Bonchev–Trinajstić information content (AvgIpc) is 1.41. The van der Waals surface area contributed by atoms with Gasteiger partial charge in [-0.1, -0.05) is 0 Å². The Balaban J connectivity index is 0. The number of rotatable bonds is 2. The molecule has 0 saturated carbocycles. The molecule has 0 heterocycles. The summed E-state index contributed by atoms with van der Waals surface area (Å²) in [6.45, 7) is 0.500. The molecule has 0 aromatic heterocycles. The molecule has 0 rings (SSSR count). The fraction of sp³-hybridized carbons (Fsp3) is 1.00. The van der Waals surface area contributed by atoms with Crippen molar-refractivity contribution in [3.8, 4) is 0 Å². The van der Waals surface area contributed by atoms with Crippen LogP contribution in [0.3, 0.4) is 0 Å². The fourth-order valence-electron chi connectivity index (χ4n) is 0.0791. The summed E-state index contributed by atoms with van der Waals surface area (Å²) >= 11 is 0. The van der Waals surface area contributed by atoms with Gasteiger partial charge in [0.15, 0.2) is 0 Å². The van der Waals surface area contributed by atoms with Crippen molar-refractivity contribution in [1.29, 1.82) is 0 Å². The third-order valence-electron chi connectivity index (χ3n) is 0.335. The third-order valence-corrected chi connectivity index (χ3v) is 0.335. The van der Waals surface area contributed by atoms with Gasteiger partial charge < -0.3 is 10.8 Å². The summed E-state index contributed by atoms with van der Waals surface area (Å²) in [7, 11) is 0. The van der Waals surface area contributed by atoms with Crippen LogP contribution < -0.4 is 0 Å². The van der Waals surface area contributed by atoms with Crippen LogP contribution in [0.2, 0.25) is 0 Å². The standard InChI is InChI=1S/C3H8NO.Pt/c4-2-1-3-5;/h4-5H,1-3H2;/q-1;. The van der Waals surface area contributed by atoms with Crippen LogP contribution in [0.5, 0.6) is 0 Å². The third kappa shape index (κ3) is 8.82. The molecule has 0 aromatic rings. The molecule has 0 saturated heterocycles. The molecular formula is C3H8NOPt-. The summed E-state index contributed by atoms with van der Waals surface area (Å²) in [5, 5.41) is 7.95. The summed E-state index contributed by atoms with van der Waals surface area (Å²) in [6.07, 6.45) is 0.611. The Bertz CT molecular complexity index is 18.3. The SMILES string of the molecule is [NH-]CCCO.[Pt]. The maximum atomic E-state index is 7.95. The Labute approximate surface area is 52.0 Å². The molecule has 0 aliphatic carbocycles. The van der Waals surface area contributed by atoms with Crippen LogP contribution in [-0.4, -0.2) is 18.3 Å². The second kappa shape index (κ2) is 9.15. The number of aliphatic hydroxyl groups excluding tert-OH is 1. The van der Waals surface area contributed by atoms with Crippen LogP contribution in [-0.2, 0) is 21.1 Å². The van der Waals surface area contributed by atoms with Crippen LogP contribution in [0, 0.1) is 0 Å². The molecule has 0 radical (unpaired) electrons. The van der Waals surface area contributed by atoms with Gasteiger partial charge in [-0.15, -0.1) is 6.54 Å². The maximum Gasteiger partial charge on any atom is 0.0414 e. The van der Waals surface area contributed by atoms with Crippen molar-refractivity contribution >= 4 is 0 Å². The smallest absolute Gasteiger partial charge is 0.0414 e. The van der Waals surface area contributed by atoms with Gasteiger partial charge in [0.25, 0.3) is 0 Å². The van der Waals surface area contributed by atoms with Crippen LogP contribution in [0.4, 0.5) is 0 Å². The Hall–Kier alpha value is 0.608. The molecule has 0 bridgehead atoms. The molecule has 0 amide bonds. The first-order valence-electron chi connectivity index (χ1n) is 1.67. The molecule has 0 aliphatic heterocycles. The molecule has 42 valence electrons. The molecule has 2 N–H and O–H groups in total. The van der Waals surface area contributed by atoms with Crippen molar-refractivity contribution in [3.63, 3.8) is 0 Å². The van der Waals surface area contributed by atoms with E-state index in [1.807, 2.05) is 0 Å². The van der Waals surface area contributed by atoms with Gasteiger partial charge >= 0.3 is 0 Å². The summed E-state index contributed by atoms with van der Waals surface area (Å²) in [5.74, 6) is 0. The van der Waals surface area contributed by atoms with E-state index < -0.39 is 0 Å². The van der Waals surface area contributed by atoms with E-state index >= 15 is 0 Å². The van der Waals surface area contributed by atoms with Gasteiger partial charge in [-0.3, -0.25) is 0 Å². The molecule has 3 heteroatoms. The largest absolute Gasteiger partial charge is 0.677 e. The van der Waals surface area contributed by atoms with E-state index in [0.717, 1.165) is 0 Å². The Kier molecular flexibility index (Phi) is 14.9. The van der Waals surface area contributed by atoms with Crippen LogP contribution in [0.1, 0.15) is 6.42 Å². The van der Waals surface area contributed by atoms with E-state index in [1.165, 1.54) is 0 Å². The molecule has 6 heavy (non-hydrogen) atoms. The zero-order valence-electron chi connectivity index (χ0n) is 3.38. The van der Waals surface area contributed by atoms with Crippen LogP contribution in [0.15, 0.2) is 0 Å². The quantitative estimate of drug-likeness (QED) is 0.775. The van der Waals surface area contributed by atoms with Crippen molar-refractivity contribution in [2.75, 3.05) is 13.2 Å². The first-order valence-corrected chi connectivity index (χ1v) is 1.67. The van der Waals surface area contributed by atoms with E-state index in [2.05, 4.69) is 0 Å². The van der Waals surface area contributed by atoms with Gasteiger partial charge in [-0.2, -0.15) is 0 Å². The molecule has 0 aliphatic rings. The average molecular weight is 269 g/mol. The summed E-state index contributed by atoms with van der Waals surface area (Å²) in [4.78, 5) is 0. The Morgan fingerprint density at radius 1 is 1.50 bits per heavy atom. The monoisotopic (exact) mass is 269 g/mol. The van der Waals surface area contributed by atoms with Crippen LogP contribution in [0.25, 0.3) is 5.73 Å². The number of nitrogens with one attached hydrogen (secondary N) is 1. The number of hydrogen-bond acceptors (Lipinski definition) is 1. The number of hydrogen-bond donors (Lipinski definition) is 1. The van der Waals surface area contributed by atoms with E-state index in [1.54, 1.807) is 0 Å². The zero-order chi connectivity index (χ0) is 4.12. The number of aliphatic hydroxyl groups is 1. The van der Waals surface area contributed by atoms with Crippen molar-refractivity contribution in [1.82, 2.24) is 0 Å². The van der Waals surface area contributed by atoms with Gasteiger partial charge in [-0.05, 0) is 6.42 Å². The van der Waals surface area contributed by atoms with E-state index in [9.17, 15) is 0 Å². The van der Waals surface area contributed by atoms with Crippen molar-refractivity contribution < 1.29 is 26.2 Å². The zero-order valence-corrected chi connectivity index (χ0v) is 5.66. The Morgan fingerprint density at radius 3 is 2.00 bits per heavy atom. The van der Waals surface area contributed by atoms with Gasteiger partial charge in [-0.25, -0.2) is 0 Å². The molecule has 0 fully saturated rings. The van der Waals surface area contributed by atoms with E-state index in [-0.39, 0.29) is 27.7 Å². The Morgan fingerprint density at radius 2 is 2.00 bits per heavy atom. The maximum absolute atomic E-state index is 7.95. The second-order valence-electron chi connectivity index (χ2n) is 0.827. The van der Waals surface area contributed by atoms with Crippen molar-refractivity contribution in [2.24, 2.45) is 0 Å². The van der Waals surface area contributed by atoms with E-state index in [4.69, 9.17) is 10.8 Å². The predicted molar refractivity (Wildman–Crippen MR) is 20.9 cm³/mol. The summed E-state index contributed by atoms with van der Waals surface area (Å²) in [5.41, 5.74) is 6.44.